The van der Waals surface area contributed by atoms with E-state index in [0.717, 1.165) is 34.7 Å². The molecule has 0 spiro atoms. The van der Waals surface area contributed by atoms with E-state index in [1.165, 1.54) is 6.92 Å². The zero-order chi connectivity index (χ0) is 24.4. The molecule has 0 bridgehead atoms. The minimum Gasteiger partial charge on any atom is -0.492 e. The fourth-order valence-electron chi connectivity index (χ4n) is 2.46. The summed E-state index contributed by atoms with van der Waals surface area (Å²) < 4.78 is 5.89. The van der Waals surface area contributed by atoms with Gasteiger partial charge in [0.25, 0.3) is 0 Å². The number of anilines is 1. The average molecular weight is 443 g/mol. The Hall–Kier alpha value is -3.32. The van der Waals surface area contributed by atoms with Crippen molar-refractivity contribution in [2.75, 3.05) is 25.8 Å². The Morgan fingerprint density at radius 2 is 1.84 bits per heavy atom. The van der Waals surface area contributed by atoms with E-state index < -0.39 is 0 Å². The number of rotatable bonds is 7. The van der Waals surface area contributed by atoms with E-state index in [1.807, 2.05) is 70.2 Å². The summed E-state index contributed by atoms with van der Waals surface area (Å²) >= 11 is 0. The Kier molecular flexibility index (Phi) is 15.6. The van der Waals surface area contributed by atoms with E-state index in [1.54, 1.807) is 25.4 Å². The fraction of sp³-hybridized carbons (Fsp3) is 0.360. The first-order valence-electron chi connectivity index (χ1n) is 10.6. The number of allylic oxidation sites excluding steroid dienone is 5. The second-order valence-electron chi connectivity index (χ2n) is 6.41. The molecule has 0 aromatic heterocycles. The van der Waals surface area contributed by atoms with Crippen LogP contribution < -0.4 is 16.2 Å². The highest BCUT2D eigenvalue weighted by molar-refractivity contribution is 6.02. The Morgan fingerprint density at radius 3 is 2.41 bits per heavy atom. The van der Waals surface area contributed by atoms with Crippen molar-refractivity contribution in [3.8, 4) is 0 Å². The van der Waals surface area contributed by atoms with Crippen molar-refractivity contribution in [2.24, 2.45) is 11.0 Å². The number of carbonyl (C=O) groups is 1. The van der Waals surface area contributed by atoms with Crippen LogP contribution in [0.15, 0.2) is 82.9 Å². The van der Waals surface area contributed by atoms with Gasteiger partial charge in [0.05, 0.1) is 17.6 Å². The molecule has 2 rings (SSSR count). The van der Waals surface area contributed by atoms with Crippen molar-refractivity contribution >= 4 is 17.3 Å². The maximum Gasteiger partial charge on any atom is 0.216 e. The monoisotopic (exact) mass is 442 g/mol. The number of amides is 1. The van der Waals surface area contributed by atoms with Crippen molar-refractivity contribution in [3.63, 3.8) is 0 Å². The van der Waals surface area contributed by atoms with Crippen LogP contribution in [0.25, 0.3) is 0 Å². The van der Waals surface area contributed by atoms with Gasteiger partial charge in [0.15, 0.2) is 0 Å². The molecule has 0 aliphatic heterocycles. The molecule has 0 unspecified atom stereocenters. The van der Waals surface area contributed by atoms with Gasteiger partial charge in [-0.25, -0.2) is 5.84 Å². The molecule has 1 aliphatic carbocycles. The maximum atomic E-state index is 9.70. The van der Waals surface area contributed by atoms with Gasteiger partial charge in [0.2, 0.25) is 5.91 Å². The highest BCUT2D eigenvalue weighted by Gasteiger charge is 2.11. The van der Waals surface area contributed by atoms with Gasteiger partial charge >= 0.3 is 0 Å². The van der Waals surface area contributed by atoms with Crippen LogP contribution in [-0.2, 0) is 14.4 Å². The van der Waals surface area contributed by atoms with Crippen LogP contribution in [0.5, 0.6) is 0 Å². The molecule has 0 saturated carbocycles. The lowest BCUT2D eigenvalue weighted by atomic mass is 10.0. The number of nitrogens with one attached hydrogen (secondary N) is 1. The third-order valence-electron chi connectivity index (χ3n) is 4.04. The predicted molar refractivity (Wildman–Crippen MR) is 134 cm³/mol. The molecule has 1 amide bonds. The molecule has 7 heteroatoms. The summed E-state index contributed by atoms with van der Waals surface area (Å²) in [5.74, 6) is 6.78. The van der Waals surface area contributed by atoms with Crippen molar-refractivity contribution in [1.29, 1.82) is 0 Å². The molecule has 3 N–H and O–H groups in total. The maximum absolute atomic E-state index is 9.70. The molecule has 0 heterocycles. The van der Waals surface area contributed by atoms with Gasteiger partial charge in [-0.05, 0) is 38.0 Å². The van der Waals surface area contributed by atoms with Crippen LogP contribution in [0.3, 0.4) is 0 Å². The second kappa shape index (κ2) is 17.4. The largest absolute Gasteiger partial charge is 0.492 e. The van der Waals surface area contributed by atoms with Gasteiger partial charge in [0, 0.05) is 19.5 Å². The van der Waals surface area contributed by atoms with Gasteiger partial charge in [-0.1, -0.05) is 61.5 Å². The number of benzene rings is 1. The lowest BCUT2D eigenvalue weighted by Gasteiger charge is -2.17. The zero-order valence-corrected chi connectivity index (χ0v) is 20.4. The number of ether oxygens (including phenoxy) is 1. The molecule has 0 fully saturated rings. The summed E-state index contributed by atoms with van der Waals surface area (Å²) in [6.45, 7) is 9.71. The quantitative estimate of drug-likeness (QED) is 0.272. The molecule has 7 nitrogen and oxygen atoms in total. The summed E-state index contributed by atoms with van der Waals surface area (Å²) in [4.78, 5) is 14.6. The molecule has 0 saturated heterocycles. The molecule has 1 aromatic carbocycles. The minimum atomic E-state index is 0.00463. The number of para-hydroxylation sites is 1. The number of nitrogens with two attached hydrogens (primary N) is 1. The number of nitrogens with zero attached hydrogens (tertiary/aromatic N) is 2. The van der Waals surface area contributed by atoms with Crippen LogP contribution in [0, 0.1) is 0 Å². The average Bonchev–Trinajstić information content (AvgIpc) is 3.05. The van der Waals surface area contributed by atoms with E-state index in [9.17, 15) is 4.79 Å². The topological polar surface area (TPSA) is 89.2 Å². The number of hydrogen-bond donors (Lipinski definition) is 2. The van der Waals surface area contributed by atoms with Crippen LogP contribution >= 0.6 is 0 Å². The number of hydrazine groups is 1. The first kappa shape index (κ1) is 28.7. The molecule has 1 aromatic rings. The van der Waals surface area contributed by atoms with Crippen LogP contribution in [0.4, 0.5) is 5.69 Å². The summed E-state index contributed by atoms with van der Waals surface area (Å²) in [5.41, 5.74) is 3.80. The molecular weight excluding hydrogens is 404 g/mol. The molecule has 0 atom stereocenters. The van der Waals surface area contributed by atoms with Crippen molar-refractivity contribution in [2.45, 2.75) is 41.0 Å². The van der Waals surface area contributed by atoms with E-state index in [-0.39, 0.29) is 5.91 Å². The standard InChI is InChI=1S/C20H25N3O2.C3H7NO.C2H6/c1-16(14-23(21)19-11-7-5-8-12-19)25-15-18-10-6-4-9-13-20(18)17(2)22-24-3;1-3(5)4-2;1-2/h4-8,10-14H,9,15,21H2,1-3H3;1-2H3,(H,4,5);1-2H3/b16-14+,22-17+;;. The Labute approximate surface area is 192 Å². The Balaban J connectivity index is 0.00000121. The summed E-state index contributed by atoms with van der Waals surface area (Å²) in [6.07, 6.45) is 10.9. The van der Waals surface area contributed by atoms with Gasteiger partial charge < -0.3 is 14.9 Å². The molecule has 1 aliphatic rings. The van der Waals surface area contributed by atoms with Crippen molar-refractivity contribution < 1.29 is 14.4 Å². The van der Waals surface area contributed by atoms with Crippen molar-refractivity contribution in [3.05, 3.63) is 77.7 Å². The van der Waals surface area contributed by atoms with Crippen LogP contribution in [0.2, 0.25) is 0 Å². The summed E-state index contributed by atoms with van der Waals surface area (Å²) in [6, 6.07) is 9.71. The highest BCUT2D eigenvalue weighted by Crippen LogP contribution is 2.19. The minimum absolute atomic E-state index is 0.00463. The first-order valence-corrected chi connectivity index (χ1v) is 10.6. The number of oxime groups is 1. The zero-order valence-electron chi connectivity index (χ0n) is 20.4. The number of carbonyl (C=O) groups excluding carboxylic acids is 1. The molecule has 0 radical (unpaired) electrons. The van der Waals surface area contributed by atoms with Gasteiger partial charge in [-0.2, -0.15) is 0 Å². The fourth-order valence-corrected chi connectivity index (χ4v) is 2.46. The van der Waals surface area contributed by atoms with Crippen LogP contribution in [0.1, 0.15) is 41.0 Å². The lowest BCUT2D eigenvalue weighted by molar-refractivity contribution is -0.118. The third-order valence-corrected chi connectivity index (χ3v) is 4.04. The van der Waals surface area contributed by atoms with Gasteiger partial charge in [-0.15, -0.1) is 0 Å². The summed E-state index contributed by atoms with van der Waals surface area (Å²) in [7, 11) is 3.15. The van der Waals surface area contributed by atoms with Crippen LogP contribution in [-0.4, -0.2) is 32.4 Å². The summed E-state index contributed by atoms with van der Waals surface area (Å²) in [5, 5.41) is 7.97. The van der Waals surface area contributed by atoms with Crippen molar-refractivity contribution in [1.82, 2.24) is 5.32 Å². The molecule has 176 valence electrons. The van der Waals surface area contributed by atoms with Gasteiger partial charge in [0.1, 0.15) is 19.5 Å². The van der Waals surface area contributed by atoms with E-state index in [2.05, 4.69) is 22.6 Å². The van der Waals surface area contributed by atoms with E-state index >= 15 is 0 Å². The lowest BCUT2D eigenvalue weighted by Crippen LogP contribution is -2.24. The van der Waals surface area contributed by atoms with E-state index in [4.69, 9.17) is 15.4 Å². The van der Waals surface area contributed by atoms with Gasteiger partial charge in [-0.3, -0.25) is 9.80 Å². The Morgan fingerprint density at radius 1 is 1.22 bits per heavy atom. The smallest absolute Gasteiger partial charge is 0.216 e. The Bertz CT molecular complexity index is 825. The van der Waals surface area contributed by atoms with E-state index in [0.29, 0.717) is 6.61 Å². The SMILES string of the molecule is CC.CNC(C)=O.CO/N=C(\C)C1=CCC=CC=C1CO/C(C)=C/N(N)c1ccccc1. The second-order valence-corrected chi connectivity index (χ2v) is 6.41. The molecular formula is C25H38N4O3. The predicted octanol–water partition coefficient (Wildman–Crippen LogP) is 4.86. The number of hydrogen-bond acceptors (Lipinski definition) is 6. The first-order chi connectivity index (χ1) is 15.4. The molecule has 32 heavy (non-hydrogen) atoms. The highest BCUT2D eigenvalue weighted by atomic mass is 16.6. The normalized spacial score (nSPS) is 13.1. The third kappa shape index (κ3) is 11.8.